The number of nitrogens with one attached hydrogen (secondary N) is 1. The van der Waals surface area contributed by atoms with Crippen LogP contribution in [0.5, 0.6) is 0 Å². The van der Waals surface area contributed by atoms with Gasteiger partial charge in [-0.3, -0.25) is 0 Å². The molecule has 0 aliphatic heterocycles. The highest BCUT2D eigenvalue weighted by Gasteiger charge is 2.23. The molecule has 2 aromatic heterocycles. The molecule has 2 heterocycles. The lowest BCUT2D eigenvalue weighted by molar-refractivity contribution is 0.0689. The van der Waals surface area contributed by atoms with E-state index >= 15 is 0 Å². The molecule has 0 aliphatic carbocycles. The van der Waals surface area contributed by atoms with Gasteiger partial charge in [0.2, 0.25) is 0 Å². The van der Waals surface area contributed by atoms with Crippen LogP contribution in [-0.2, 0) is 5.54 Å². The molecule has 0 saturated heterocycles. The van der Waals surface area contributed by atoms with Crippen molar-refractivity contribution in [3.8, 4) is 0 Å². The van der Waals surface area contributed by atoms with E-state index in [2.05, 4.69) is 20.5 Å². The van der Waals surface area contributed by atoms with Crippen LogP contribution in [0.15, 0.2) is 23.7 Å². The molecule has 2 rings (SSSR count). The zero-order chi connectivity index (χ0) is 13.2. The Morgan fingerprint density at radius 3 is 2.67 bits per heavy atom. The Balaban J connectivity index is 2.16. The van der Waals surface area contributed by atoms with Crippen molar-refractivity contribution in [1.29, 1.82) is 0 Å². The molecular formula is C11H12N4O2S. The number of aromatic carboxylic acids is 1. The molecule has 0 unspecified atom stereocenters. The summed E-state index contributed by atoms with van der Waals surface area (Å²) in [5.41, 5.74) is -0.458. The van der Waals surface area contributed by atoms with Gasteiger partial charge in [0.25, 0.3) is 0 Å². The Bertz CT molecular complexity index is 537. The summed E-state index contributed by atoms with van der Waals surface area (Å²) in [6.45, 7) is 3.94. The first-order valence-electron chi connectivity index (χ1n) is 5.24. The first-order chi connectivity index (χ1) is 8.49. The predicted octanol–water partition coefficient (Wildman–Crippen LogP) is 1.98. The maximum atomic E-state index is 10.7. The van der Waals surface area contributed by atoms with Crippen molar-refractivity contribution in [1.82, 2.24) is 15.2 Å². The Labute approximate surface area is 108 Å². The molecule has 0 amide bonds. The Hall–Kier alpha value is -2.02. The van der Waals surface area contributed by atoms with Crippen molar-refractivity contribution in [2.45, 2.75) is 19.4 Å². The van der Waals surface area contributed by atoms with E-state index in [-0.39, 0.29) is 11.2 Å². The average Bonchev–Trinajstić information content (AvgIpc) is 2.83. The summed E-state index contributed by atoms with van der Waals surface area (Å²) in [6.07, 6.45) is 1.74. The number of carboxylic acids is 1. The molecule has 2 aromatic rings. The van der Waals surface area contributed by atoms with Gasteiger partial charge in [-0.25, -0.2) is 9.78 Å². The van der Waals surface area contributed by atoms with Gasteiger partial charge >= 0.3 is 5.97 Å². The normalized spacial score (nSPS) is 11.2. The van der Waals surface area contributed by atoms with Crippen molar-refractivity contribution in [3.05, 3.63) is 34.4 Å². The molecule has 18 heavy (non-hydrogen) atoms. The summed E-state index contributed by atoms with van der Waals surface area (Å²) >= 11 is 1.54. The number of hydrogen-bond donors (Lipinski definition) is 2. The van der Waals surface area contributed by atoms with Gasteiger partial charge in [-0.15, -0.1) is 21.5 Å². The summed E-state index contributed by atoms with van der Waals surface area (Å²) in [7, 11) is 0. The van der Waals surface area contributed by atoms with Crippen LogP contribution in [-0.4, -0.2) is 26.3 Å². The zero-order valence-corrected chi connectivity index (χ0v) is 10.7. The number of nitrogens with zero attached hydrogens (tertiary/aromatic N) is 3. The topological polar surface area (TPSA) is 88.0 Å². The van der Waals surface area contributed by atoms with E-state index in [0.29, 0.717) is 5.82 Å². The summed E-state index contributed by atoms with van der Waals surface area (Å²) in [5.74, 6) is -0.576. The third-order valence-electron chi connectivity index (χ3n) is 2.29. The fourth-order valence-electron chi connectivity index (χ4n) is 1.42. The van der Waals surface area contributed by atoms with Gasteiger partial charge in [0.1, 0.15) is 10.8 Å². The lowest BCUT2D eigenvalue weighted by Gasteiger charge is -2.24. The highest BCUT2D eigenvalue weighted by atomic mass is 32.1. The van der Waals surface area contributed by atoms with Gasteiger partial charge in [0.05, 0.1) is 5.54 Å². The van der Waals surface area contributed by atoms with Crippen molar-refractivity contribution in [2.24, 2.45) is 0 Å². The van der Waals surface area contributed by atoms with Crippen LogP contribution in [0.1, 0.15) is 29.3 Å². The third-order valence-corrected chi connectivity index (χ3v) is 3.39. The summed E-state index contributed by atoms with van der Waals surface area (Å²) in [6, 6.07) is 3.00. The highest BCUT2D eigenvalue weighted by Crippen LogP contribution is 2.25. The standard InChI is InChI=1S/C11H12N4O2S/c1-11(2,10-12-5-6-18-10)13-8-4-3-7(9(16)17)14-15-8/h3-6H,1-2H3,(H,13,15)(H,16,17). The van der Waals surface area contributed by atoms with E-state index in [0.717, 1.165) is 5.01 Å². The molecule has 0 radical (unpaired) electrons. The van der Waals surface area contributed by atoms with Crippen LogP contribution >= 0.6 is 11.3 Å². The SMILES string of the molecule is CC(C)(Nc1ccc(C(=O)O)nn1)c1nccs1. The second-order valence-electron chi connectivity index (χ2n) is 4.20. The van der Waals surface area contributed by atoms with Crippen molar-refractivity contribution in [3.63, 3.8) is 0 Å². The molecule has 0 aliphatic rings. The van der Waals surface area contributed by atoms with Gasteiger partial charge in [0.15, 0.2) is 5.69 Å². The molecule has 7 heteroatoms. The van der Waals surface area contributed by atoms with E-state index in [1.807, 2.05) is 19.2 Å². The zero-order valence-electron chi connectivity index (χ0n) is 9.91. The number of aromatic nitrogens is 3. The Kier molecular flexibility index (Phi) is 3.24. The third kappa shape index (κ3) is 2.62. The Morgan fingerprint density at radius 2 is 2.17 bits per heavy atom. The molecule has 0 saturated carbocycles. The number of anilines is 1. The van der Waals surface area contributed by atoms with E-state index in [1.54, 1.807) is 23.6 Å². The molecule has 6 nitrogen and oxygen atoms in total. The summed E-state index contributed by atoms with van der Waals surface area (Å²) < 4.78 is 0. The van der Waals surface area contributed by atoms with Crippen molar-refractivity contribution >= 4 is 23.1 Å². The van der Waals surface area contributed by atoms with Crippen LogP contribution in [0.2, 0.25) is 0 Å². The van der Waals surface area contributed by atoms with Gasteiger partial charge in [-0.1, -0.05) is 0 Å². The quantitative estimate of drug-likeness (QED) is 0.877. The van der Waals surface area contributed by atoms with Gasteiger partial charge < -0.3 is 10.4 Å². The molecule has 0 aromatic carbocycles. The largest absolute Gasteiger partial charge is 0.476 e. The minimum Gasteiger partial charge on any atom is -0.476 e. The van der Waals surface area contributed by atoms with Gasteiger partial charge in [0, 0.05) is 11.6 Å². The summed E-state index contributed by atoms with van der Waals surface area (Å²) in [4.78, 5) is 14.9. The number of rotatable bonds is 4. The maximum Gasteiger partial charge on any atom is 0.356 e. The Morgan fingerprint density at radius 1 is 1.39 bits per heavy atom. The minimum absolute atomic E-state index is 0.0763. The molecule has 94 valence electrons. The molecule has 0 atom stereocenters. The van der Waals surface area contributed by atoms with Crippen LogP contribution in [0, 0.1) is 0 Å². The number of carboxylic acid groups (broad SMARTS) is 1. The smallest absolute Gasteiger partial charge is 0.356 e. The van der Waals surface area contributed by atoms with Crippen LogP contribution in [0.3, 0.4) is 0 Å². The first kappa shape index (κ1) is 12.4. The number of carbonyl (C=O) groups is 1. The molecule has 2 N–H and O–H groups in total. The molecule has 0 bridgehead atoms. The van der Waals surface area contributed by atoms with Crippen LogP contribution in [0.25, 0.3) is 0 Å². The van der Waals surface area contributed by atoms with E-state index < -0.39 is 5.97 Å². The second-order valence-corrected chi connectivity index (χ2v) is 5.09. The average molecular weight is 264 g/mol. The van der Waals surface area contributed by atoms with Crippen LogP contribution in [0.4, 0.5) is 5.82 Å². The van der Waals surface area contributed by atoms with E-state index in [1.165, 1.54) is 6.07 Å². The lowest BCUT2D eigenvalue weighted by atomic mass is 10.1. The molecular weight excluding hydrogens is 252 g/mol. The van der Waals surface area contributed by atoms with E-state index in [4.69, 9.17) is 5.11 Å². The predicted molar refractivity (Wildman–Crippen MR) is 67.8 cm³/mol. The van der Waals surface area contributed by atoms with E-state index in [9.17, 15) is 4.79 Å². The lowest BCUT2D eigenvalue weighted by Crippen LogP contribution is -2.28. The van der Waals surface area contributed by atoms with Crippen LogP contribution < -0.4 is 5.32 Å². The first-order valence-corrected chi connectivity index (χ1v) is 6.12. The summed E-state index contributed by atoms with van der Waals surface area (Å²) in [5, 5.41) is 22.2. The second kappa shape index (κ2) is 4.69. The van der Waals surface area contributed by atoms with Crippen molar-refractivity contribution in [2.75, 3.05) is 5.32 Å². The number of thiazole rings is 1. The molecule has 0 fully saturated rings. The molecule has 0 spiro atoms. The fraction of sp³-hybridized carbons (Fsp3) is 0.273. The maximum absolute atomic E-state index is 10.7. The fourth-order valence-corrected chi connectivity index (χ4v) is 2.14. The minimum atomic E-state index is -1.09. The highest BCUT2D eigenvalue weighted by molar-refractivity contribution is 7.09. The number of hydrogen-bond acceptors (Lipinski definition) is 6. The van der Waals surface area contributed by atoms with Crippen molar-refractivity contribution < 1.29 is 9.90 Å². The monoisotopic (exact) mass is 264 g/mol. The van der Waals surface area contributed by atoms with Gasteiger partial charge in [-0.2, -0.15) is 0 Å². The van der Waals surface area contributed by atoms with Gasteiger partial charge in [-0.05, 0) is 26.0 Å².